The van der Waals surface area contributed by atoms with E-state index in [4.69, 9.17) is 0 Å². The van der Waals surface area contributed by atoms with Gasteiger partial charge in [0.2, 0.25) is 0 Å². The first kappa shape index (κ1) is 16.3. The van der Waals surface area contributed by atoms with Crippen molar-refractivity contribution in [2.45, 2.75) is 39.0 Å². The Kier molecular flexibility index (Phi) is 5.60. The van der Waals surface area contributed by atoms with E-state index in [9.17, 15) is 0 Å². The fourth-order valence-corrected chi connectivity index (χ4v) is 2.84. The second-order valence-corrected chi connectivity index (χ2v) is 7.06. The normalized spacial score (nSPS) is 16.9. The summed E-state index contributed by atoms with van der Waals surface area (Å²) in [6.07, 6.45) is 4.82. The smallest absolute Gasteiger partial charge is 0.0169 e. The minimum Gasteiger partial charge on any atom is -0.320 e. The van der Waals surface area contributed by atoms with Crippen LogP contribution in [-0.4, -0.2) is 38.1 Å². The zero-order chi connectivity index (χ0) is 15.3. The number of hydrogen-bond donors (Lipinski definition) is 1. The Morgan fingerprint density at radius 3 is 2.38 bits per heavy atom. The Bertz CT molecular complexity index is 465. The van der Waals surface area contributed by atoms with Crippen LogP contribution in [0.15, 0.2) is 30.3 Å². The Hall–Kier alpha value is -1.12. The molecule has 1 aromatic carbocycles. The minimum atomic E-state index is 0.240. The van der Waals surface area contributed by atoms with Crippen LogP contribution in [0.5, 0.6) is 0 Å². The molecule has 0 fully saturated rings. The third kappa shape index (κ3) is 4.69. The molecular weight excluding hydrogens is 256 g/mol. The lowest BCUT2D eigenvalue weighted by Gasteiger charge is -2.27. The molecule has 2 heteroatoms. The molecule has 1 N–H and O–H groups in total. The van der Waals surface area contributed by atoms with E-state index in [0.717, 1.165) is 13.1 Å². The molecular formula is C19H30N2. The summed E-state index contributed by atoms with van der Waals surface area (Å²) >= 11 is 0. The average molecular weight is 286 g/mol. The molecule has 0 bridgehead atoms. The quantitative estimate of drug-likeness (QED) is 0.831. The van der Waals surface area contributed by atoms with Gasteiger partial charge in [-0.15, -0.1) is 0 Å². The van der Waals surface area contributed by atoms with Crippen LogP contribution >= 0.6 is 0 Å². The van der Waals surface area contributed by atoms with E-state index in [2.05, 4.69) is 61.3 Å². The van der Waals surface area contributed by atoms with E-state index in [1.54, 1.807) is 0 Å². The van der Waals surface area contributed by atoms with Gasteiger partial charge < -0.3 is 5.32 Å². The summed E-state index contributed by atoms with van der Waals surface area (Å²) < 4.78 is 0. The van der Waals surface area contributed by atoms with Gasteiger partial charge in [0.05, 0.1) is 0 Å². The van der Waals surface area contributed by atoms with Gasteiger partial charge in [-0.2, -0.15) is 0 Å². The highest BCUT2D eigenvalue weighted by Crippen LogP contribution is 2.26. The second-order valence-electron chi connectivity index (χ2n) is 7.06. The van der Waals surface area contributed by atoms with Crippen molar-refractivity contribution in [3.63, 3.8) is 0 Å². The molecule has 0 saturated heterocycles. The van der Waals surface area contributed by atoms with Crippen molar-refractivity contribution in [2.24, 2.45) is 0 Å². The van der Waals surface area contributed by atoms with Gasteiger partial charge in [-0.3, -0.25) is 4.90 Å². The Morgan fingerprint density at radius 1 is 1.14 bits per heavy atom. The van der Waals surface area contributed by atoms with Crippen LogP contribution in [0, 0.1) is 0 Å². The third-order valence-corrected chi connectivity index (χ3v) is 4.32. The summed E-state index contributed by atoms with van der Waals surface area (Å²) in [6, 6.07) is 9.16. The highest BCUT2D eigenvalue weighted by Gasteiger charge is 2.15. The first-order valence-electron chi connectivity index (χ1n) is 8.17. The van der Waals surface area contributed by atoms with E-state index < -0.39 is 0 Å². The van der Waals surface area contributed by atoms with E-state index in [1.807, 2.05) is 7.05 Å². The van der Waals surface area contributed by atoms with Crippen LogP contribution in [0.4, 0.5) is 0 Å². The lowest BCUT2D eigenvalue weighted by molar-refractivity contribution is 0.297. The lowest BCUT2D eigenvalue weighted by atomic mass is 9.86. The monoisotopic (exact) mass is 286 g/mol. The van der Waals surface area contributed by atoms with Crippen LogP contribution in [-0.2, 0) is 5.41 Å². The molecule has 21 heavy (non-hydrogen) atoms. The van der Waals surface area contributed by atoms with Gasteiger partial charge in [0, 0.05) is 13.1 Å². The zero-order valence-electron chi connectivity index (χ0n) is 14.1. The van der Waals surface area contributed by atoms with Crippen molar-refractivity contribution in [1.29, 1.82) is 0 Å². The van der Waals surface area contributed by atoms with E-state index in [-0.39, 0.29) is 5.41 Å². The maximum Gasteiger partial charge on any atom is 0.0169 e. The molecule has 0 radical (unpaired) electrons. The van der Waals surface area contributed by atoms with Crippen molar-refractivity contribution >= 4 is 5.57 Å². The zero-order valence-corrected chi connectivity index (χ0v) is 14.1. The molecule has 0 amide bonds. The summed E-state index contributed by atoms with van der Waals surface area (Å²) in [6.45, 7) is 11.4. The predicted molar refractivity (Wildman–Crippen MR) is 92.7 cm³/mol. The third-order valence-electron chi connectivity index (χ3n) is 4.32. The van der Waals surface area contributed by atoms with Crippen LogP contribution in [0.3, 0.4) is 0 Å². The largest absolute Gasteiger partial charge is 0.320 e. The van der Waals surface area contributed by atoms with Gasteiger partial charge in [0.15, 0.2) is 0 Å². The van der Waals surface area contributed by atoms with Crippen molar-refractivity contribution in [3.05, 3.63) is 41.5 Å². The fraction of sp³-hybridized carbons (Fsp3) is 0.579. The Labute approximate surface area is 130 Å². The second kappa shape index (κ2) is 7.24. The van der Waals surface area contributed by atoms with E-state index >= 15 is 0 Å². The van der Waals surface area contributed by atoms with Crippen molar-refractivity contribution < 1.29 is 0 Å². The molecule has 0 saturated carbocycles. The summed E-state index contributed by atoms with van der Waals surface area (Å²) in [5.74, 6) is 0. The van der Waals surface area contributed by atoms with Gasteiger partial charge in [-0.05, 0) is 55.1 Å². The lowest BCUT2D eigenvalue weighted by Crippen LogP contribution is -2.30. The van der Waals surface area contributed by atoms with Gasteiger partial charge in [0.25, 0.3) is 0 Å². The molecule has 2 nitrogen and oxygen atoms in total. The molecule has 1 aliphatic rings. The van der Waals surface area contributed by atoms with Gasteiger partial charge in [-0.25, -0.2) is 0 Å². The number of benzene rings is 1. The van der Waals surface area contributed by atoms with E-state index in [1.165, 1.54) is 42.6 Å². The highest BCUT2D eigenvalue weighted by molar-refractivity contribution is 5.66. The van der Waals surface area contributed by atoms with Crippen molar-refractivity contribution in [1.82, 2.24) is 10.2 Å². The molecule has 0 atom stereocenters. The van der Waals surface area contributed by atoms with Crippen molar-refractivity contribution in [3.8, 4) is 0 Å². The molecule has 2 rings (SSSR count). The van der Waals surface area contributed by atoms with Gasteiger partial charge in [-0.1, -0.05) is 51.1 Å². The minimum absolute atomic E-state index is 0.240. The first-order valence-corrected chi connectivity index (χ1v) is 8.17. The molecule has 116 valence electrons. The molecule has 1 heterocycles. The Morgan fingerprint density at radius 2 is 1.86 bits per heavy atom. The van der Waals surface area contributed by atoms with Crippen LogP contribution in [0.1, 0.15) is 44.7 Å². The van der Waals surface area contributed by atoms with Gasteiger partial charge in [0.1, 0.15) is 0 Å². The number of nitrogens with one attached hydrogen (secondary N) is 1. The number of nitrogens with zero attached hydrogens (tertiary/aromatic N) is 1. The Balaban J connectivity index is 1.94. The SMILES string of the molecule is CNCCCN1CC=C(c2ccc(C(C)(C)C)cc2)CC1. The number of rotatable bonds is 5. The standard InChI is InChI=1S/C19H30N2/c1-19(2,3)18-8-6-16(7-9-18)17-10-14-21(15-11-17)13-5-12-20-4/h6-10,20H,5,11-15H2,1-4H3. The fourth-order valence-electron chi connectivity index (χ4n) is 2.84. The maximum atomic E-state index is 3.22. The molecule has 0 aromatic heterocycles. The number of hydrogen-bond acceptors (Lipinski definition) is 2. The molecule has 0 unspecified atom stereocenters. The first-order chi connectivity index (χ1) is 10.0. The van der Waals surface area contributed by atoms with E-state index in [0.29, 0.717) is 0 Å². The summed E-state index contributed by atoms with van der Waals surface area (Å²) in [5.41, 5.74) is 4.57. The van der Waals surface area contributed by atoms with Crippen LogP contribution in [0.25, 0.3) is 5.57 Å². The summed E-state index contributed by atoms with van der Waals surface area (Å²) in [5, 5.41) is 3.22. The van der Waals surface area contributed by atoms with Crippen LogP contribution < -0.4 is 5.32 Å². The predicted octanol–water partition coefficient (Wildman–Crippen LogP) is 3.68. The average Bonchev–Trinajstić information content (AvgIpc) is 2.48. The molecule has 1 aromatic rings. The highest BCUT2D eigenvalue weighted by atomic mass is 15.1. The van der Waals surface area contributed by atoms with Crippen LogP contribution in [0.2, 0.25) is 0 Å². The topological polar surface area (TPSA) is 15.3 Å². The molecule has 0 aliphatic carbocycles. The van der Waals surface area contributed by atoms with Crippen molar-refractivity contribution in [2.75, 3.05) is 33.2 Å². The molecule has 0 spiro atoms. The summed E-state index contributed by atoms with van der Waals surface area (Å²) in [7, 11) is 2.02. The van der Waals surface area contributed by atoms with Gasteiger partial charge >= 0.3 is 0 Å². The molecule has 1 aliphatic heterocycles. The maximum absolute atomic E-state index is 3.22. The summed E-state index contributed by atoms with van der Waals surface area (Å²) in [4.78, 5) is 2.55.